The van der Waals surface area contributed by atoms with Crippen LogP contribution in [-0.2, 0) is 13.1 Å². The van der Waals surface area contributed by atoms with Crippen molar-refractivity contribution in [1.82, 2.24) is 15.3 Å². The molecule has 5 nitrogen and oxygen atoms in total. The monoisotopic (exact) mass is 274 g/mol. The molecule has 1 aliphatic rings. The van der Waals surface area contributed by atoms with Gasteiger partial charge < -0.3 is 5.32 Å². The third kappa shape index (κ3) is 2.57. The first kappa shape index (κ1) is 12.1. The molecule has 0 saturated heterocycles. The highest BCUT2D eigenvalue weighted by Gasteiger charge is 2.14. The minimum atomic E-state index is -0.239. The first-order chi connectivity index (χ1) is 9.22. The van der Waals surface area contributed by atoms with Gasteiger partial charge in [-0.15, -0.1) is 0 Å². The Balaban J connectivity index is 1.81. The molecule has 0 spiro atoms. The molecule has 1 aromatic carbocycles. The fraction of sp³-hybridized carbons (Fsp3) is 0.154. The number of amides is 1. The highest BCUT2D eigenvalue weighted by atomic mass is 35.5. The SMILES string of the molecule is O=C(Nc1nccc(Cl)n1)c1ccc2c(c1)CNC2. The number of hydrogen-bond acceptors (Lipinski definition) is 4. The lowest BCUT2D eigenvalue weighted by molar-refractivity contribution is 0.102. The lowest BCUT2D eigenvalue weighted by Gasteiger charge is -2.05. The number of halogens is 1. The van der Waals surface area contributed by atoms with E-state index in [1.807, 2.05) is 12.1 Å². The molecule has 0 atom stereocenters. The Morgan fingerprint density at radius 1 is 1.26 bits per heavy atom. The van der Waals surface area contributed by atoms with E-state index in [4.69, 9.17) is 11.6 Å². The highest BCUT2D eigenvalue weighted by molar-refractivity contribution is 6.29. The van der Waals surface area contributed by atoms with Gasteiger partial charge in [0, 0.05) is 24.8 Å². The highest BCUT2D eigenvalue weighted by Crippen LogP contribution is 2.17. The van der Waals surface area contributed by atoms with Gasteiger partial charge in [0.2, 0.25) is 5.95 Å². The second-order valence-corrected chi connectivity index (χ2v) is 4.63. The van der Waals surface area contributed by atoms with Crippen LogP contribution in [0.2, 0.25) is 5.15 Å². The number of hydrogen-bond donors (Lipinski definition) is 2. The number of nitrogens with zero attached hydrogens (tertiary/aromatic N) is 2. The third-order valence-corrected chi connectivity index (χ3v) is 3.16. The first-order valence-electron chi connectivity index (χ1n) is 5.85. The second-order valence-electron chi connectivity index (χ2n) is 4.24. The van der Waals surface area contributed by atoms with Crippen molar-refractivity contribution in [2.75, 3.05) is 5.32 Å². The quantitative estimate of drug-likeness (QED) is 0.822. The lowest BCUT2D eigenvalue weighted by Crippen LogP contribution is -2.14. The molecule has 1 aliphatic heterocycles. The standard InChI is InChI=1S/C13H11ClN4O/c14-11-3-4-16-13(17-11)18-12(19)8-1-2-9-6-15-7-10(9)5-8/h1-5,15H,6-7H2,(H,16,17,18,19). The molecule has 0 bridgehead atoms. The van der Waals surface area contributed by atoms with E-state index < -0.39 is 0 Å². The van der Waals surface area contributed by atoms with Crippen molar-refractivity contribution >= 4 is 23.5 Å². The van der Waals surface area contributed by atoms with Gasteiger partial charge in [-0.2, -0.15) is 0 Å². The maximum atomic E-state index is 12.1. The maximum Gasteiger partial charge on any atom is 0.258 e. The van der Waals surface area contributed by atoms with E-state index in [0.29, 0.717) is 10.7 Å². The molecule has 0 saturated carbocycles. The molecule has 0 fully saturated rings. The Morgan fingerprint density at radius 3 is 2.95 bits per heavy atom. The second kappa shape index (κ2) is 4.95. The number of anilines is 1. The predicted molar refractivity (Wildman–Crippen MR) is 72.0 cm³/mol. The van der Waals surface area contributed by atoms with Crippen LogP contribution >= 0.6 is 11.6 Å². The lowest BCUT2D eigenvalue weighted by atomic mass is 10.1. The molecular weight excluding hydrogens is 264 g/mol. The van der Waals surface area contributed by atoms with Gasteiger partial charge in [0.25, 0.3) is 5.91 Å². The molecule has 2 aromatic rings. The van der Waals surface area contributed by atoms with E-state index in [0.717, 1.165) is 18.7 Å². The number of fused-ring (bicyclic) bond motifs is 1. The Kier molecular flexibility index (Phi) is 3.15. The first-order valence-corrected chi connectivity index (χ1v) is 6.22. The molecular formula is C13H11ClN4O. The van der Waals surface area contributed by atoms with Gasteiger partial charge in [0.15, 0.2) is 0 Å². The van der Waals surface area contributed by atoms with Gasteiger partial charge in [-0.05, 0) is 29.3 Å². The summed E-state index contributed by atoms with van der Waals surface area (Å²) in [5.74, 6) is -0.0342. The summed E-state index contributed by atoms with van der Waals surface area (Å²) in [5, 5.41) is 6.16. The van der Waals surface area contributed by atoms with Crippen LogP contribution in [0.1, 0.15) is 21.5 Å². The number of aromatic nitrogens is 2. The van der Waals surface area contributed by atoms with E-state index >= 15 is 0 Å². The zero-order chi connectivity index (χ0) is 13.2. The summed E-state index contributed by atoms with van der Waals surface area (Å²) < 4.78 is 0. The minimum Gasteiger partial charge on any atom is -0.309 e. The summed E-state index contributed by atoms with van der Waals surface area (Å²) in [4.78, 5) is 19.9. The van der Waals surface area contributed by atoms with E-state index in [9.17, 15) is 4.79 Å². The summed E-state index contributed by atoms with van der Waals surface area (Å²) in [6.45, 7) is 1.65. The smallest absolute Gasteiger partial charge is 0.258 e. The molecule has 3 rings (SSSR count). The van der Waals surface area contributed by atoms with Crippen molar-refractivity contribution in [2.45, 2.75) is 13.1 Å². The van der Waals surface area contributed by atoms with Crippen molar-refractivity contribution in [1.29, 1.82) is 0 Å². The third-order valence-electron chi connectivity index (χ3n) is 2.95. The van der Waals surface area contributed by atoms with Crippen molar-refractivity contribution in [3.05, 3.63) is 52.3 Å². The summed E-state index contributed by atoms with van der Waals surface area (Å²) in [5.41, 5.74) is 2.97. The predicted octanol–water partition coefficient (Wildman–Crippen LogP) is 1.99. The fourth-order valence-corrected chi connectivity index (χ4v) is 2.14. The molecule has 1 aromatic heterocycles. The van der Waals surface area contributed by atoms with Gasteiger partial charge in [-0.3, -0.25) is 10.1 Å². The Labute approximate surface area is 115 Å². The molecule has 19 heavy (non-hydrogen) atoms. The molecule has 0 aliphatic carbocycles. The summed E-state index contributed by atoms with van der Waals surface area (Å²) in [7, 11) is 0. The summed E-state index contributed by atoms with van der Waals surface area (Å²) >= 11 is 5.74. The van der Waals surface area contributed by atoms with Crippen molar-refractivity contribution in [3.8, 4) is 0 Å². The van der Waals surface area contributed by atoms with E-state index in [1.54, 1.807) is 12.1 Å². The van der Waals surface area contributed by atoms with Crippen LogP contribution in [0.5, 0.6) is 0 Å². The topological polar surface area (TPSA) is 66.9 Å². The number of benzene rings is 1. The molecule has 6 heteroatoms. The largest absolute Gasteiger partial charge is 0.309 e. The number of nitrogens with one attached hydrogen (secondary N) is 2. The molecule has 96 valence electrons. The minimum absolute atomic E-state index is 0.205. The normalized spacial score (nSPS) is 13.1. The van der Waals surface area contributed by atoms with E-state index in [-0.39, 0.29) is 11.9 Å². The van der Waals surface area contributed by atoms with Crippen molar-refractivity contribution < 1.29 is 4.79 Å². The summed E-state index contributed by atoms with van der Waals surface area (Å²) in [6, 6.07) is 7.20. The number of carbonyl (C=O) groups is 1. The summed E-state index contributed by atoms with van der Waals surface area (Å²) in [6.07, 6.45) is 1.50. The van der Waals surface area contributed by atoms with Crippen molar-refractivity contribution in [2.24, 2.45) is 0 Å². The van der Waals surface area contributed by atoms with Crippen LogP contribution in [0.25, 0.3) is 0 Å². The number of carbonyl (C=O) groups excluding carboxylic acids is 1. The molecule has 0 unspecified atom stereocenters. The van der Waals surface area contributed by atoms with Gasteiger partial charge in [-0.25, -0.2) is 9.97 Å². The van der Waals surface area contributed by atoms with Crippen LogP contribution in [0.3, 0.4) is 0 Å². The van der Waals surface area contributed by atoms with Crippen LogP contribution < -0.4 is 10.6 Å². The van der Waals surface area contributed by atoms with E-state index in [1.165, 1.54) is 11.8 Å². The zero-order valence-corrected chi connectivity index (χ0v) is 10.7. The number of rotatable bonds is 2. The zero-order valence-electron chi connectivity index (χ0n) is 9.98. The Morgan fingerprint density at radius 2 is 2.11 bits per heavy atom. The van der Waals surface area contributed by atoms with Gasteiger partial charge in [0.1, 0.15) is 5.15 Å². The fourth-order valence-electron chi connectivity index (χ4n) is 2.01. The van der Waals surface area contributed by atoms with E-state index in [2.05, 4.69) is 20.6 Å². The molecule has 2 heterocycles. The van der Waals surface area contributed by atoms with Gasteiger partial charge in [0.05, 0.1) is 0 Å². The van der Waals surface area contributed by atoms with Crippen LogP contribution in [0.4, 0.5) is 5.95 Å². The molecule has 2 N–H and O–H groups in total. The average molecular weight is 275 g/mol. The van der Waals surface area contributed by atoms with Crippen LogP contribution in [0.15, 0.2) is 30.5 Å². The van der Waals surface area contributed by atoms with Gasteiger partial charge >= 0.3 is 0 Å². The molecule has 1 amide bonds. The molecule has 0 radical (unpaired) electrons. The Bertz CT molecular complexity index is 644. The van der Waals surface area contributed by atoms with Gasteiger partial charge in [-0.1, -0.05) is 17.7 Å². The van der Waals surface area contributed by atoms with Crippen molar-refractivity contribution in [3.63, 3.8) is 0 Å². The van der Waals surface area contributed by atoms with Crippen LogP contribution in [-0.4, -0.2) is 15.9 Å². The maximum absolute atomic E-state index is 12.1. The average Bonchev–Trinajstić information content (AvgIpc) is 2.85. The van der Waals surface area contributed by atoms with Crippen LogP contribution in [0, 0.1) is 0 Å². The Hall–Kier alpha value is -1.98.